The van der Waals surface area contributed by atoms with Gasteiger partial charge in [0.05, 0.1) is 0 Å². The highest BCUT2D eigenvalue weighted by Gasteiger charge is 2.17. The quantitative estimate of drug-likeness (QED) is 0.905. The van der Waals surface area contributed by atoms with E-state index in [-0.39, 0.29) is 12.4 Å². The van der Waals surface area contributed by atoms with Gasteiger partial charge in [-0.05, 0) is 58.0 Å². The second kappa shape index (κ2) is 8.50. The number of nitrogens with one attached hydrogen (secondary N) is 1. The van der Waals surface area contributed by atoms with Crippen molar-refractivity contribution >= 4 is 12.4 Å². The summed E-state index contributed by atoms with van der Waals surface area (Å²) in [6.07, 6.45) is 2.50. The fourth-order valence-corrected chi connectivity index (χ4v) is 2.75. The van der Waals surface area contributed by atoms with Gasteiger partial charge in [0, 0.05) is 12.6 Å². The van der Waals surface area contributed by atoms with E-state index in [4.69, 9.17) is 4.74 Å². The summed E-state index contributed by atoms with van der Waals surface area (Å²) in [7, 11) is 2.21. The summed E-state index contributed by atoms with van der Waals surface area (Å²) in [4.78, 5) is 2.44. The van der Waals surface area contributed by atoms with Gasteiger partial charge >= 0.3 is 0 Å². The first-order valence-electron chi connectivity index (χ1n) is 7.28. The van der Waals surface area contributed by atoms with Crippen molar-refractivity contribution in [3.63, 3.8) is 0 Å². The number of benzene rings is 1. The Balaban J connectivity index is 0.00000200. The average Bonchev–Trinajstić information content (AvgIpc) is 2.43. The Morgan fingerprint density at radius 2 is 1.80 bits per heavy atom. The third-order valence-electron chi connectivity index (χ3n) is 4.03. The van der Waals surface area contributed by atoms with Crippen LogP contribution in [0.25, 0.3) is 0 Å². The lowest BCUT2D eigenvalue weighted by Crippen LogP contribution is -2.42. The van der Waals surface area contributed by atoms with Gasteiger partial charge in [0.15, 0.2) is 0 Å². The van der Waals surface area contributed by atoms with Gasteiger partial charge in [0.2, 0.25) is 0 Å². The molecule has 1 aromatic rings. The van der Waals surface area contributed by atoms with Crippen molar-refractivity contribution in [1.29, 1.82) is 0 Å². The van der Waals surface area contributed by atoms with Crippen LogP contribution in [0.15, 0.2) is 18.2 Å². The third kappa shape index (κ3) is 4.65. The molecule has 0 unspecified atom stereocenters. The van der Waals surface area contributed by atoms with Crippen LogP contribution in [0.2, 0.25) is 0 Å². The Morgan fingerprint density at radius 1 is 1.20 bits per heavy atom. The summed E-state index contributed by atoms with van der Waals surface area (Å²) in [5.74, 6) is 1.06. The number of nitrogens with zero attached hydrogens (tertiary/aromatic N) is 1. The normalized spacial score (nSPS) is 16.0. The van der Waals surface area contributed by atoms with Gasteiger partial charge in [-0.2, -0.15) is 0 Å². The number of piperidine rings is 1. The maximum atomic E-state index is 5.97. The number of para-hydroxylation sites is 1. The van der Waals surface area contributed by atoms with Crippen molar-refractivity contribution in [3.8, 4) is 5.75 Å². The highest BCUT2D eigenvalue weighted by molar-refractivity contribution is 5.85. The molecule has 3 nitrogen and oxygen atoms in total. The van der Waals surface area contributed by atoms with Gasteiger partial charge in [0.25, 0.3) is 0 Å². The van der Waals surface area contributed by atoms with Crippen LogP contribution in [0.3, 0.4) is 0 Å². The van der Waals surface area contributed by atoms with Gasteiger partial charge in [0.1, 0.15) is 12.4 Å². The molecule has 1 N–H and O–H groups in total. The predicted octanol–water partition coefficient (Wildman–Crippen LogP) is 2.79. The van der Waals surface area contributed by atoms with Gasteiger partial charge in [-0.3, -0.25) is 4.90 Å². The summed E-state index contributed by atoms with van der Waals surface area (Å²) in [5, 5.41) is 3.41. The van der Waals surface area contributed by atoms with Crippen molar-refractivity contribution in [2.45, 2.75) is 32.7 Å². The number of halogens is 1. The van der Waals surface area contributed by atoms with E-state index in [0.717, 1.165) is 32.0 Å². The summed E-state index contributed by atoms with van der Waals surface area (Å²) in [5.41, 5.74) is 2.45. The molecule has 0 aliphatic carbocycles. The van der Waals surface area contributed by atoms with Crippen LogP contribution in [-0.4, -0.2) is 44.2 Å². The lowest BCUT2D eigenvalue weighted by molar-refractivity contribution is 0.164. The topological polar surface area (TPSA) is 24.5 Å². The van der Waals surface area contributed by atoms with Crippen LogP contribution in [0.1, 0.15) is 24.0 Å². The zero-order valence-electron chi connectivity index (χ0n) is 12.8. The smallest absolute Gasteiger partial charge is 0.125 e. The second-order valence-electron chi connectivity index (χ2n) is 5.53. The molecule has 1 fully saturated rings. The van der Waals surface area contributed by atoms with Crippen LogP contribution >= 0.6 is 12.4 Å². The average molecular weight is 299 g/mol. The molecule has 1 aliphatic rings. The molecule has 1 heterocycles. The Kier molecular flexibility index (Phi) is 7.35. The van der Waals surface area contributed by atoms with Crippen LogP contribution in [0.4, 0.5) is 0 Å². The molecule has 1 aromatic carbocycles. The maximum Gasteiger partial charge on any atom is 0.125 e. The first kappa shape index (κ1) is 17.3. The SMILES string of the molecule is Cc1cccc(C)c1OCCN(C)C1CCNCC1.Cl. The van der Waals surface area contributed by atoms with Gasteiger partial charge < -0.3 is 10.1 Å². The lowest BCUT2D eigenvalue weighted by atomic mass is 10.1. The van der Waals surface area contributed by atoms with Gasteiger partial charge in [-0.15, -0.1) is 12.4 Å². The molecule has 1 saturated heterocycles. The molecule has 0 bridgehead atoms. The van der Waals surface area contributed by atoms with E-state index in [1.165, 1.54) is 24.0 Å². The summed E-state index contributed by atoms with van der Waals surface area (Å²) in [6.45, 7) is 8.28. The predicted molar refractivity (Wildman–Crippen MR) is 87.2 cm³/mol. The van der Waals surface area contributed by atoms with Crippen molar-refractivity contribution in [1.82, 2.24) is 10.2 Å². The zero-order valence-corrected chi connectivity index (χ0v) is 13.6. The Bertz CT molecular complexity index is 385. The molecule has 2 rings (SSSR count). The largest absolute Gasteiger partial charge is 0.492 e. The van der Waals surface area contributed by atoms with E-state index in [9.17, 15) is 0 Å². The maximum absolute atomic E-state index is 5.97. The zero-order chi connectivity index (χ0) is 13.7. The van der Waals surface area contributed by atoms with Crippen molar-refractivity contribution in [2.24, 2.45) is 0 Å². The van der Waals surface area contributed by atoms with E-state index < -0.39 is 0 Å². The lowest BCUT2D eigenvalue weighted by Gasteiger charge is -2.31. The van der Waals surface area contributed by atoms with E-state index >= 15 is 0 Å². The Labute approximate surface area is 129 Å². The minimum atomic E-state index is 0. The summed E-state index contributed by atoms with van der Waals surface area (Å²) < 4.78 is 5.97. The molecule has 4 heteroatoms. The van der Waals surface area contributed by atoms with Crippen LogP contribution in [0, 0.1) is 13.8 Å². The number of likely N-dealkylation sites (N-methyl/N-ethyl adjacent to an activating group) is 1. The standard InChI is InChI=1S/C16H26N2O.ClH/c1-13-5-4-6-14(2)16(13)19-12-11-18(3)15-7-9-17-10-8-15;/h4-6,15,17H,7-12H2,1-3H3;1H. The van der Waals surface area contributed by atoms with E-state index in [1.54, 1.807) is 0 Å². The Hall–Kier alpha value is -0.770. The number of rotatable bonds is 5. The second-order valence-corrected chi connectivity index (χ2v) is 5.53. The molecule has 1 aliphatic heterocycles. The molecule has 0 spiro atoms. The number of hydrogen-bond acceptors (Lipinski definition) is 3. The van der Waals surface area contributed by atoms with Gasteiger partial charge in [-0.25, -0.2) is 0 Å². The third-order valence-corrected chi connectivity index (χ3v) is 4.03. The molecule has 0 amide bonds. The summed E-state index contributed by atoms with van der Waals surface area (Å²) in [6, 6.07) is 7.01. The first-order valence-corrected chi connectivity index (χ1v) is 7.28. The van der Waals surface area contributed by atoms with Gasteiger partial charge in [-0.1, -0.05) is 18.2 Å². The van der Waals surface area contributed by atoms with E-state index in [2.05, 4.69) is 49.3 Å². The van der Waals surface area contributed by atoms with Crippen molar-refractivity contribution in [3.05, 3.63) is 29.3 Å². The summed E-state index contributed by atoms with van der Waals surface area (Å²) >= 11 is 0. The van der Waals surface area contributed by atoms with E-state index in [0.29, 0.717) is 6.04 Å². The molecule has 0 atom stereocenters. The Morgan fingerprint density at radius 3 is 2.40 bits per heavy atom. The first-order chi connectivity index (χ1) is 9.18. The molecule has 20 heavy (non-hydrogen) atoms. The number of hydrogen-bond donors (Lipinski definition) is 1. The molecule has 114 valence electrons. The number of ether oxygens (including phenoxy) is 1. The molecular formula is C16H27ClN2O. The highest BCUT2D eigenvalue weighted by atomic mass is 35.5. The highest BCUT2D eigenvalue weighted by Crippen LogP contribution is 2.22. The minimum Gasteiger partial charge on any atom is -0.492 e. The fourth-order valence-electron chi connectivity index (χ4n) is 2.75. The minimum absolute atomic E-state index is 0. The monoisotopic (exact) mass is 298 g/mol. The molecule has 0 saturated carbocycles. The molecule has 0 radical (unpaired) electrons. The fraction of sp³-hybridized carbons (Fsp3) is 0.625. The molecular weight excluding hydrogens is 272 g/mol. The molecule has 0 aromatic heterocycles. The van der Waals surface area contributed by atoms with Crippen LogP contribution in [0.5, 0.6) is 5.75 Å². The number of aryl methyl sites for hydroxylation is 2. The van der Waals surface area contributed by atoms with Crippen molar-refractivity contribution < 1.29 is 4.74 Å². The van der Waals surface area contributed by atoms with Crippen molar-refractivity contribution in [2.75, 3.05) is 33.3 Å². The van der Waals surface area contributed by atoms with E-state index in [1.807, 2.05) is 0 Å². The van der Waals surface area contributed by atoms with Crippen LogP contribution in [-0.2, 0) is 0 Å². The van der Waals surface area contributed by atoms with Crippen LogP contribution < -0.4 is 10.1 Å².